The van der Waals surface area contributed by atoms with Gasteiger partial charge in [0.25, 0.3) is 0 Å². The maximum absolute atomic E-state index is 9.35. The summed E-state index contributed by atoms with van der Waals surface area (Å²) >= 11 is 0. The molecule has 0 saturated carbocycles. The lowest BCUT2D eigenvalue weighted by Gasteiger charge is -2.33. The Bertz CT molecular complexity index is 510. The molecule has 1 saturated heterocycles. The Morgan fingerprint density at radius 1 is 1.20 bits per heavy atom. The quantitative estimate of drug-likeness (QED) is 0.319. The first-order chi connectivity index (χ1) is 11.8. The molecule has 0 spiro atoms. The van der Waals surface area contributed by atoms with Crippen LogP contribution in [0.2, 0.25) is 0 Å². The third kappa shape index (κ3) is 6.48. The van der Waals surface area contributed by atoms with Crippen molar-refractivity contribution in [2.45, 2.75) is 45.6 Å². The zero-order valence-corrected chi connectivity index (χ0v) is 16.0. The SMILES string of the molecule is CCCCOC1=CC(=[N+]=[N-])C(OCCCC)C=C1N1CCOCC1.[Cl-]. The van der Waals surface area contributed by atoms with Gasteiger partial charge in [0.2, 0.25) is 0 Å². The first kappa shape index (κ1) is 21.7. The molecule has 25 heavy (non-hydrogen) atoms. The zero-order valence-electron chi connectivity index (χ0n) is 15.2. The van der Waals surface area contributed by atoms with Gasteiger partial charge in [0.05, 0.1) is 31.6 Å². The lowest BCUT2D eigenvalue weighted by Crippen LogP contribution is -3.00. The maximum Gasteiger partial charge on any atom is 0.328 e. The average Bonchev–Trinajstić information content (AvgIpc) is 2.63. The van der Waals surface area contributed by atoms with Gasteiger partial charge < -0.3 is 37.0 Å². The Morgan fingerprint density at radius 3 is 2.52 bits per heavy atom. The van der Waals surface area contributed by atoms with Gasteiger partial charge in [-0.2, -0.15) is 4.79 Å². The molecule has 1 heterocycles. The highest BCUT2D eigenvalue weighted by molar-refractivity contribution is 5.97. The van der Waals surface area contributed by atoms with Crippen LogP contribution in [0.15, 0.2) is 23.6 Å². The van der Waals surface area contributed by atoms with Gasteiger partial charge in [-0.1, -0.05) is 26.7 Å². The molecule has 0 radical (unpaired) electrons. The predicted octanol–water partition coefficient (Wildman–Crippen LogP) is -0.223. The van der Waals surface area contributed by atoms with Crippen LogP contribution in [0.25, 0.3) is 5.53 Å². The number of rotatable bonds is 9. The summed E-state index contributed by atoms with van der Waals surface area (Å²) in [7, 11) is 0. The number of hydrogen-bond acceptors (Lipinski definition) is 4. The van der Waals surface area contributed by atoms with Crippen molar-refractivity contribution in [1.82, 2.24) is 4.90 Å². The van der Waals surface area contributed by atoms with Crippen molar-refractivity contribution in [2.75, 3.05) is 39.5 Å². The molecule has 2 rings (SSSR count). The fourth-order valence-corrected chi connectivity index (χ4v) is 2.68. The summed E-state index contributed by atoms with van der Waals surface area (Å²) in [6.07, 6.45) is 7.61. The number of nitrogens with zero attached hydrogens (tertiary/aromatic N) is 3. The van der Waals surface area contributed by atoms with E-state index in [2.05, 4.69) is 23.5 Å². The first-order valence-corrected chi connectivity index (χ1v) is 9.03. The minimum Gasteiger partial charge on any atom is -1.00 e. The smallest absolute Gasteiger partial charge is 0.328 e. The van der Waals surface area contributed by atoms with E-state index in [4.69, 9.17) is 14.2 Å². The minimum atomic E-state index is -0.335. The van der Waals surface area contributed by atoms with E-state index in [0.717, 1.165) is 50.2 Å². The number of unbranched alkanes of at least 4 members (excludes halogenated alkanes) is 2. The van der Waals surface area contributed by atoms with Gasteiger partial charge in [0, 0.05) is 19.7 Å². The standard InChI is InChI=1S/C18H29N3O3.ClH/c1-3-5-9-23-17-14-16(21-7-11-22-12-8-21)18(13-15(17)20-19)24-10-6-4-2;/h13-14,17H,3-12H2,1-2H3;1H/p-1. The van der Waals surface area contributed by atoms with Crippen LogP contribution in [0, 0.1) is 0 Å². The molecule has 0 aromatic heterocycles. The highest BCUT2D eigenvalue weighted by Gasteiger charge is 2.31. The Morgan fingerprint density at radius 2 is 1.88 bits per heavy atom. The molecule has 2 aliphatic rings. The van der Waals surface area contributed by atoms with E-state index >= 15 is 0 Å². The molecule has 0 aromatic rings. The second-order valence-electron chi connectivity index (χ2n) is 6.03. The van der Waals surface area contributed by atoms with Crippen LogP contribution in [0.3, 0.4) is 0 Å². The average molecular weight is 371 g/mol. The van der Waals surface area contributed by atoms with E-state index in [1.54, 1.807) is 6.08 Å². The van der Waals surface area contributed by atoms with Crippen LogP contribution < -0.4 is 12.4 Å². The third-order valence-electron chi connectivity index (χ3n) is 4.15. The highest BCUT2D eigenvalue weighted by Crippen LogP contribution is 2.25. The lowest BCUT2D eigenvalue weighted by molar-refractivity contribution is -0.0241. The van der Waals surface area contributed by atoms with Crippen LogP contribution in [-0.2, 0) is 14.2 Å². The molecule has 1 atom stereocenters. The van der Waals surface area contributed by atoms with E-state index in [1.807, 2.05) is 6.08 Å². The number of morpholine rings is 1. The summed E-state index contributed by atoms with van der Waals surface area (Å²) < 4.78 is 17.3. The molecule has 6 nitrogen and oxygen atoms in total. The van der Waals surface area contributed by atoms with E-state index in [1.165, 1.54) is 0 Å². The summed E-state index contributed by atoms with van der Waals surface area (Å²) in [6.45, 7) is 8.64. The summed E-state index contributed by atoms with van der Waals surface area (Å²) in [6, 6.07) is 0. The third-order valence-corrected chi connectivity index (χ3v) is 4.15. The molecule has 0 aromatic carbocycles. The van der Waals surface area contributed by atoms with Crippen molar-refractivity contribution in [3.05, 3.63) is 29.1 Å². The van der Waals surface area contributed by atoms with Crippen LogP contribution in [0.4, 0.5) is 0 Å². The number of halogens is 1. The fraction of sp³-hybridized carbons (Fsp3) is 0.722. The van der Waals surface area contributed by atoms with Gasteiger partial charge in [-0.3, -0.25) is 0 Å². The largest absolute Gasteiger partial charge is 1.00 e. The number of hydrogen-bond donors (Lipinski definition) is 0. The van der Waals surface area contributed by atoms with Crippen molar-refractivity contribution >= 4 is 5.71 Å². The summed E-state index contributed by atoms with van der Waals surface area (Å²) in [5, 5.41) is 0. The fourth-order valence-electron chi connectivity index (χ4n) is 2.68. The summed E-state index contributed by atoms with van der Waals surface area (Å²) in [5.41, 5.74) is 10.9. The molecule has 0 N–H and O–H groups in total. The lowest BCUT2D eigenvalue weighted by atomic mass is 10.0. The molecule has 1 fully saturated rings. The summed E-state index contributed by atoms with van der Waals surface area (Å²) in [5.74, 6) is 0.758. The van der Waals surface area contributed by atoms with Gasteiger partial charge in [-0.15, -0.1) is 0 Å². The molecular formula is C18H29ClN3O3-. The van der Waals surface area contributed by atoms with Crippen molar-refractivity contribution in [1.29, 1.82) is 0 Å². The second-order valence-corrected chi connectivity index (χ2v) is 6.03. The molecule has 1 aliphatic carbocycles. The van der Waals surface area contributed by atoms with Gasteiger partial charge in [-0.25, -0.2) is 0 Å². The monoisotopic (exact) mass is 370 g/mol. The topological polar surface area (TPSA) is 67.3 Å². The Balaban J connectivity index is 0.00000312. The summed E-state index contributed by atoms with van der Waals surface area (Å²) in [4.78, 5) is 5.67. The Kier molecular flexibility index (Phi) is 10.5. The van der Waals surface area contributed by atoms with Crippen LogP contribution >= 0.6 is 0 Å². The molecule has 0 bridgehead atoms. The van der Waals surface area contributed by atoms with Crippen molar-refractivity contribution < 1.29 is 31.4 Å². The van der Waals surface area contributed by atoms with Gasteiger partial charge in [0.1, 0.15) is 5.76 Å². The minimum absolute atomic E-state index is 0. The van der Waals surface area contributed by atoms with Crippen LogP contribution in [0.1, 0.15) is 39.5 Å². The Labute approximate surface area is 156 Å². The van der Waals surface area contributed by atoms with Gasteiger partial charge in [0.15, 0.2) is 6.10 Å². The highest BCUT2D eigenvalue weighted by atomic mass is 35.5. The molecule has 142 valence electrons. The van der Waals surface area contributed by atoms with E-state index < -0.39 is 0 Å². The van der Waals surface area contributed by atoms with E-state index in [0.29, 0.717) is 32.1 Å². The van der Waals surface area contributed by atoms with Gasteiger partial charge >= 0.3 is 5.71 Å². The predicted molar refractivity (Wildman–Crippen MR) is 92.7 cm³/mol. The number of ether oxygens (including phenoxy) is 3. The van der Waals surface area contributed by atoms with Crippen LogP contribution in [-0.4, -0.2) is 61.0 Å². The van der Waals surface area contributed by atoms with E-state index in [9.17, 15) is 5.53 Å². The molecular weight excluding hydrogens is 342 g/mol. The van der Waals surface area contributed by atoms with Crippen LogP contribution in [0.5, 0.6) is 0 Å². The van der Waals surface area contributed by atoms with Crippen molar-refractivity contribution in [3.63, 3.8) is 0 Å². The molecule has 7 heteroatoms. The van der Waals surface area contributed by atoms with Crippen molar-refractivity contribution in [3.8, 4) is 0 Å². The molecule has 0 amide bonds. The van der Waals surface area contributed by atoms with E-state index in [-0.39, 0.29) is 18.5 Å². The zero-order chi connectivity index (χ0) is 17.2. The second kappa shape index (κ2) is 12.1. The van der Waals surface area contributed by atoms with Crippen molar-refractivity contribution in [2.24, 2.45) is 0 Å². The molecule has 1 unspecified atom stereocenters. The first-order valence-electron chi connectivity index (χ1n) is 9.03. The maximum atomic E-state index is 9.35. The Hall–Kier alpha value is -1.33. The van der Waals surface area contributed by atoms with Gasteiger partial charge in [-0.05, 0) is 18.9 Å². The molecule has 1 aliphatic heterocycles. The normalized spacial score (nSPS) is 20.3.